The van der Waals surface area contributed by atoms with Crippen molar-refractivity contribution in [2.45, 2.75) is 39.5 Å². The van der Waals surface area contributed by atoms with E-state index < -0.39 is 9.84 Å². The maximum absolute atomic E-state index is 11.4. The third-order valence-electron chi connectivity index (χ3n) is 2.65. The van der Waals surface area contributed by atoms with Crippen molar-refractivity contribution in [1.82, 2.24) is 0 Å². The Morgan fingerprint density at radius 1 is 1.19 bits per heavy atom. The van der Waals surface area contributed by atoms with Gasteiger partial charge in [-0.25, -0.2) is 8.42 Å². The molecule has 0 aliphatic rings. The van der Waals surface area contributed by atoms with Crippen LogP contribution in [0, 0.1) is 5.41 Å². The van der Waals surface area contributed by atoms with E-state index in [4.69, 9.17) is 5.73 Å². The quantitative estimate of drug-likeness (QED) is 0.700. The van der Waals surface area contributed by atoms with Gasteiger partial charge in [-0.2, -0.15) is 0 Å². The van der Waals surface area contributed by atoms with Crippen LogP contribution < -0.4 is 5.73 Å². The summed E-state index contributed by atoms with van der Waals surface area (Å²) < 4.78 is 21.7. The zero-order chi connectivity index (χ0) is 12.8. The first-order chi connectivity index (χ1) is 7.16. The molecule has 0 saturated heterocycles. The maximum atomic E-state index is 11.4. The molecule has 0 fully saturated rings. The van der Waals surface area contributed by atoms with Crippen LogP contribution in [0.5, 0.6) is 0 Å². The van der Waals surface area contributed by atoms with E-state index in [1.54, 1.807) is 0 Å². The van der Waals surface area contributed by atoms with Crippen LogP contribution >= 0.6 is 0 Å². The van der Waals surface area contributed by atoms with Crippen LogP contribution in [0.25, 0.3) is 0 Å². The molecule has 0 aromatic rings. The molecule has 0 spiro atoms. The summed E-state index contributed by atoms with van der Waals surface area (Å²) in [6.07, 6.45) is 3.39. The molecule has 0 rings (SSSR count). The summed E-state index contributed by atoms with van der Waals surface area (Å²) >= 11 is 0. The minimum absolute atomic E-state index is 0.0236. The second-order valence-electron chi connectivity index (χ2n) is 5.12. The number of rotatable bonds is 8. The molecule has 16 heavy (non-hydrogen) atoms. The van der Waals surface area contributed by atoms with Crippen LogP contribution in [0.4, 0.5) is 0 Å². The highest BCUT2D eigenvalue weighted by molar-refractivity contribution is 7.90. The van der Waals surface area contributed by atoms with E-state index in [0.29, 0.717) is 13.0 Å². The summed E-state index contributed by atoms with van der Waals surface area (Å²) in [6.45, 7) is 4.76. The van der Waals surface area contributed by atoms with Gasteiger partial charge in [-0.1, -0.05) is 13.8 Å². The summed E-state index contributed by atoms with van der Waals surface area (Å²) in [5.41, 5.74) is 5.54. The first-order valence-corrected chi connectivity index (χ1v) is 7.62. The van der Waals surface area contributed by atoms with Gasteiger partial charge in [0.05, 0.1) is 5.75 Å². The van der Waals surface area contributed by atoms with Crippen molar-refractivity contribution in [3.8, 4) is 0 Å². The smallest absolute Gasteiger partial charge is 0.147 e. The fourth-order valence-corrected chi connectivity index (χ4v) is 2.02. The highest BCUT2D eigenvalue weighted by Gasteiger charge is 2.18. The SMILES string of the molecule is CC(C)(CCN)CCC(=O)CCS(C)(=O)=O. The molecule has 0 amide bonds. The zero-order valence-corrected chi connectivity index (χ0v) is 11.3. The van der Waals surface area contributed by atoms with Crippen molar-refractivity contribution in [3.63, 3.8) is 0 Å². The van der Waals surface area contributed by atoms with Crippen molar-refractivity contribution < 1.29 is 13.2 Å². The van der Waals surface area contributed by atoms with E-state index in [9.17, 15) is 13.2 Å². The number of hydrogen-bond acceptors (Lipinski definition) is 4. The molecule has 0 heterocycles. The number of sulfone groups is 1. The zero-order valence-electron chi connectivity index (χ0n) is 10.5. The lowest BCUT2D eigenvalue weighted by Gasteiger charge is -2.23. The summed E-state index contributed by atoms with van der Waals surface area (Å²) in [6, 6.07) is 0. The van der Waals surface area contributed by atoms with Gasteiger partial charge < -0.3 is 5.73 Å². The van der Waals surface area contributed by atoms with Crippen LogP contribution in [0.3, 0.4) is 0 Å². The molecule has 0 aliphatic heterocycles. The molecule has 0 aliphatic carbocycles. The lowest BCUT2D eigenvalue weighted by Crippen LogP contribution is -2.19. The van der Waals surface area contributed by atoms with Gasteiger partial charge in [0.1, 0.15) is 15.6 Å². The molecule has 96 valence electrons. The van der Waals surface area contributed by atoms with Crippen LogP contribution in [0.1, 0.15) is 39.5 Å². The molecule has 0 aromatic carbocycles. The Bertz CT molecular complexity index is 320. The number of hydrogen-bond donors (Lipinski definition) is 1. The van der Waals surface area contributed by atoms with Gasteiger partial charge in [-0.15, -0.1) is 0 Å². The Labute approximate surface area is 98.5 Å². The third-order valence-corrected chi connectivity index (χ3v) is 3.60. The Morgan fingerprint density at radius 2 is 1.75 bits per heavy atom. The predicted molar refractivity (Wildman–Crippen MR) is 66.0 cm³/mol. The van der Waals surface area contributed by atoms with E-state index in [2.05, 4.69) is 13.8 Å². The highest BCUT2D eigenvalue weighted by Crippen LogP contribution is 2.26. The fourth-order valence-electron chi connectivity index (χ4n) is 1.42. The monoisotopic (exact) mass is 249 g/mol. The Kier molecular flexibility index (Phi) is 6.18. The summed E-state index contributed by atoms with van der Waals surface area (Å²) in [7, 11) is -3.02. The van der Waals surface area contributed by atoms with Gasteiger partial charge in [0, 0.05) is 19.1 Å². The van der Waals surface area contributed by atoms with Gasteiger partial charge in [0.2, 0.25) is 0 Å². The number of nitrogens with two attached hydrogens (primary N) is 1. The van der Waals surface area contributed by atoms with Gasteiger partial charge in [0.25, 0.3) is 0 Å². The summed E-state index contributed by atoms with van der Waals surface area (Å²) in [4.78, 5) is 11.4. The number of carbonyl (C=O) groups excluding carboxylic acids is 1. The van der Waals surface area contributed by atoms with Crippen LogP contribution in [-0.4, -0.2) is 32.8 Å². The van der Waals surface area contributed by atoms with Crippen molar-refractivity contribution in [1.29, 1.82) is 0 Å². The van der Waals surface area contributed by atoms with Gasteiger partial charge in [0.15, 0.2) is 0 Å². The molecule has 0 aromatic heterocycles. The molecule has 4 nitrogen and oxygen atoms in total. The molecular formula is C11H23NO3S. The largest absolute Gasteiger partial charge is 0.330 e. The highest BCUT2D eigenvalue weighted by atomic mass is 32.2. The lowest BCUT2D eigenvalue weighted by atomic mass is 9.83. The van der Waals surface area contributed by atoms with E-state index >= 15 is 0 Å². The Morgan fingerprint density at radius 3 is 2.19 bits per heavy atom. The van der Waals surface area contributed by atoms with E-state index in [1.165, 1.54) is 0 Å². The van der Waals surface area contributed by atoms with Gasteiger partial charge in [-0.05, 0) is 24.8 Å². The van der Waals surface area contributed by atoms with Crippen LogP contribution in [0.2, 0.25) is 0 Å². The van der Waals surface area contributed by atoms with Crippen molar-refractivity contribution in [3.05, 3.63) is 0 Å². The molecule has 2 N–H and O–H groups in total. The second kappa shape index (κ2) is 6.35. The molecular weight excluding hydrogens is 226 g/mol. The average Bonchev–Trinajstić information content (AvgIpc) is 2.10. The van der Waals surface area contributed by atoms with Crippen molar-refractivity contribution in [2.75, 3.05) is 18.6 Å². The minimum Gasteiger partial charge on any atom is -0.330 e. The van der Waals surface area contributed by atoms with Crippen molar-refractivity contribution in [2.24, 2.45) is 11.1 Å². The van der Waals surface area contributed by atoms with Crippen LogP contribution in [0.15, 0.2) is 0 Å². The third kappa shape index (κ3) is 8.85. The first-order valence-electron chi connectivity index (χ1n) is 5.56. The van der Waals surface area contributed by atoms with E-state index in [0.717, 1.165) is 19.1 Å². The molecule has 0 unspecified atom stereocenters. The molecule has 0 bridgehead atoms. The lowest BCUT2D eigenvalue weighted by molar-refractivity contribution is -0.119. The average molecular weight is 249 g/mol. The number of ketones is 1. The number of Topliss-reactive ketones (excluding diaryl/α,β-unsaturated/α-hetero) is 1. The van der Waals surface area contributed by atoms with Crippen molar-refractivity contribution >= 4 is 15.6 Å². The van der Waals surface area contributed by atoms with E-state index in [-0.39, 0.29) is 23.4 Å². The topological polar surface area (TPSA) is 77.2 Å². The standard InChI is InChI=1S/C11H23NO3S/c1-11(2,7-8-12)6-4-10(13)5-9-16(3,14)15/h4-9,12H2,1-3H3. The summed E-state index contributed by atoms with van der Waals surface area (Å²) in [5, 5.41) is 0. The Hall–Kier alpha value is -0.420. The fraction of sp³-hybridized carbons (Fsp3) is 0.909. The first kappa shape index (κ1) is 15.6. The molecule has 0 atom stereocenters. The molecule has 0 radical (unpaired) electrons. The van der Waals surface area contributed by atoms with Gasteiger partial charge in [-0.3, -0.25) is 4.79 Å². The van der Waals surface area contributed by atoms with Crippen LogP contribution in [-0.2, 0) is 14.6 Å². The second-order valence-corrected chi connectivity index (χ2v) is 7.38. The van der Waals surface area contributed by atoms with E-state index in [1.807, 2.05) is 0 Å². The number of carbonyl (C=O) groups is 1. The minimum atomic E-state index is -3.02. The maximum Gasteiger partial charge on any atom is 0.147 e. The molecule has 0 saturated carbocycles. The van der Waals surface area contributed by atoms with Gasteiger partial charge >= 0.3 is 0 Å². The summed E-state index contributed by atoms with van der Waals surface area (Å²) in [5.74, 6) is -0.0149. The normalized spacial score (nSPS) is 12.8. The Balaban J connectivity index is 3.90. The predicted octanol–water partition coefficient (Wildman–Crippen LogP) is 1.15. The molecule has 5 heteroatoms.